The second kappa shape index (κ2) is 7.45. The molecule has 128 valence electrons. The number of aromatic nitrogens is 2. The first-order chi connectivity index (χ1) is 11.1. The number of fused-ring (bicyclic) bond motifs is 1. The van der Waals surface area contributed by atoms with E-state index in [1.54, 1.807) is 0 Å². The number of carbonyl (C=O) groups excluding carboxylic acids is 1. The fourth-order valence-electron chi connectivity index (χ4n) is 3.72. The highest BCUT2D eigenvalue weighted by Crippen LogP contribution is 2.19. The van der Waals surface area contributed by atoms with Gasteiger partial charge in [0.15, 0.2) is 0 Å². The highest BCUT2D eigenvalue weighted by Gasteiger charge is 2.27. The average Bonchev–Trinajstić information content (AvgIpc) is 2.86. The zero-order chi connectivity index (χ0) is 16.2. The largest absolute Gasteiger partial charge is 0.335 e. The smallest absolute Gasteiger partial charge is 0.237 e. The van der Waals surface area contributed by atoms with Crippen molar-refractivity contribution in [3.05, 3.63) is 18.0 Å². The highest BCUT2D eigenvalue weighted by molar-refractivity contribution is 5.78. The Kier molecular flexibility index (Phi) is 5.33. The Morgan fingerprint density at radius 1 is 1.26 bits per heavy atom. The van der Waals surface area contributed by atoms with Crippen molar-refractivity contribution in [1.82, 2.24) is 24.5 Å². The van der Waals surface area contributed by atoms with E-state index in [1.165, 1.54) is 32.4 Å². The van der Waals surface area contributed by atoms with Crippen LogP contribution in [0.1, 0.15) is 25.0 Å². The maximum atomic E-state index is 12.6. The van der Waals surface area contributed by atoms with Gasteiger partial charge in [-0.1, -0.05) is 6.42 Å². The van der Waals surface area contributed by atoms with E-state index >= 15 is 0 Å². The monoisotopic (exact) mass is 319 g/mol. The van der Waals surface area contributed by atoms with E-state index in [9.17, 15) is 4.79 Å². The van der Waals surface area contributed by atoms with Gasteiger partial charge < -0.3 is 14.7 Å². The van der Waals surface area contributed by atoms with Crippen LogP contribution in [0.5, 0.6) is 0 Å². The van der Waals surface area contributed by atoms with Crippen LogP contribution in [-0.4, -0.2) is 77.2 Å². The summed E-state index contributed by atoms with van der Waals surface area (Å²) in [5.74, 6) is 0.675. The maximum Gasteiger partial charge on any atom is 0.237 e. The summed E-state index contributed by atoms with van der Waals surface area (Å²) in [4.78, 5) is 19.1. The van der Waals surface area contributed by atoms with Gasteiger partial charge in [-0.2, -0.15) is 5.10 Å². The topological polar surface area (TPSA) is 44.6 Å². The third-order valence-electron chi connectivity index (χ3n) is 4.84. The van der Waals surface area contributed by atoms with Gasteiger partial charge in [-0.05, 0) is 46.1 Å². The van der Waals surface area contributed by atoms with Gasteiger partial charge in [0, 0.05) is 31.7 Å². The number of carbonyl (C=O) groups is 1. The molecule has 23 heavy (non-hydrogen) atoms. The molecule has 0 saturated carbocycles. The van der Waals surface area contributed by atoms with Gasteiger partial charge in [0.25, 0.3) is 0 Å². The third-order valence-corrected chi connectivity index (χ3v) is 4.84. The van der Waals surface area contributed by atoms with E-state index < -0.39 is 0 Å². The summed E-state index contributed by atoms with van der Waals surface area (Å²) in [5, 5.41) is 4.46. The van der Waals surface area contributed by atoms with E-state index in [0.29, 0.717) is 19.0 Å². The fraction of sp³-hybridized carbons (Fsp3) is 0.765. The molecule has 0 aliphatic carbocycles. The van der Waals surface area contributed by atoms with Crippen LogP contribution in [0.3, 0.4) is 0 Å². The molecule has 0 N–H and O–H groups in total. The molecule has 2 aliphatic rings. The van der Waals surface area contributed by atoms with Crippen LogP contribution < -0.4 is 0 Å². The van der Waals surface area contributed by atoms with Crippen LogP contribution in [0.2, 0.25) is 0 Å². The van der Waals surface area contributed by atoms with Crippen LogP contribution in [-0.2, 0) is 17.9 Å². The summed E-state index contributed by atoms with van der Waals surface area (Å²) < 4.78 is 2.09. The second-order valence-electron chi connectivity index (χ2n) is 7.24. The predicted molar refractivity (Wildman–Crippen MR) is 90.0 cm³/mol. The molecule has 6 nitrogen and oxygen atoms in total. The Hall–Kier alpha value is -1.40. The zero-order valence-electron chi connectivity index (χ0n) is 14.4. The molecule has 0 aromatic carbocycles. The van der Waals surface area contributed by atoms with Crippen molar-refractivity contribution in [3.63, 3.8) is 0 Å². The molecule has 1 saturated heterocycles. The lowest BCUT2D eigenvalue weighted by Gasteiger charge is -2.32. The molecule has 0 bridgehead atoms. The van der Waals surface area contributed by atoms with Gasteiger partial charge in [-0.3, -0.25) is 9.48 Å². The van der Waals surface area contributed by atoms with Crippen LogP contribution in [0, 0.1) is 5.92 Å². The summed E-state index contributed by atoms with van der Waals surface area (Å²) in [6, 6.07) is 2.04. The molecule has 1 aromatic rings. The zero-order valence-corrected chi connectivity index (χ0v) is 14.4. The van der Waals surface area contributed by atoms with E-state index in [1.807, 2.05) is 36.2 Å². The van der Waals surface area contributed by atoms with Crippen LogP contribution >= 0.6 is 0 Å². The van der Waals surface area contributed by atoms with Gasteiger partial charge in [0.1, 0.15) is 0 Å². The summed E-state index contributed by atoms with van der Waals surface area (Å²) in [7, 11) is 3.90. The lowest BCUT2D eigenvalue weighted by Crippen LogP contribution is -2.43. The standard InChI is InChI=1S/C17H29N5O/c1-19(2)14-17(23)21-11-15(10-20-8-4-3-5-9-20)12-22-16(13-21)6-7-18-22/h6-7,15H,3-5,8-14H2,1-2H3/t15-/m1/s1. The van der Waals surface area contributed by atoms with Crippen molar-refractivity contribution in [3.8, 4) is 0 Å². The van der Waals surface area contributed by atoms with Gasteiger partial charge in [-0.25, -0.2) is 0 Å². The number of rotatable bonds is 4. The molecule has 1 aromatic heterocycles. The van der Waals surface area contributed by atoms with Gasteiger partial charge in [0.2, 0.25) is 5.91 Å². The number of likely N-dealkylation sites (N-methyl/N-ethyl adjacent to an activating group) is 1. The van der Waals surface area contributed by atoms with Crippen molar-refractivity contribution < 1.29 is 4.79 Å². The minimum absolute atomic E-state index is 0.216. The molecular weight excluding hydrogens is 290 g/mol. The first kappa shape index (κ1) is 16.5. The van der Waals surface area contributed by atoms with E-state index in [4.69, 9.17) is 0 Å². The van der Waals surface area contributed by atoms with Crippen molar-refractivity contribution >= 4 is 5.91 Å². The SMILES string of the molecule is CN(C)CC(=O)N1Cc2ccnn2C[C@H](CN2CCCCC2)C1. The molecule has 0 unspecified atom stereocenters. The Bertz CT molecular complexity index is 521. The highest BCUT2D eigenvalue weighted by atomic mass is 16.2. The number of hydrogen-bond donors (Lipinski definition) is 0. The predicted octanol–water partition coefficient (Wildman–Crippen LogP) is 0.889. The second-order valence-corrected chi connectivity index (χ2v) is 7.24. The van der Waals surface area contributed by atoms with Crippen LogP contribution in [0.4, 0.5) is 0 Å². The van der Waals surface area contributed by atoms with Crippen LogP contribution in [0.25, 0.3) is 0 Å². The quantitative estimate of drug-likeness (QED) is 0.827. The first-order valence-corrected chi connectivity index (χ1v) is 8.77. The molecule has 0 radical (unpaired) electrons. The number of nitrogens with zero attached hydrogens (tertiary/aromatic N) is 5. The lowest BCUT2D eigenvalue weighted by atomic mass is 10.1. The molecule has 1 amide bonds. The molecule has 3 heterocycles. The summed E-state index contributed by atoms with van der Waals surface area (Å²) in [5.41, 5.74) is 1.15. The number of hydrogen-bond acceptors (Lipinski definition) is 4. The summed E-state index contributed by atoms with van der Waals surface area (Å²) in [6.07, 6.45) is 5.83. The summed E-state index contributed by atoms with van der Waals surface area (Å²) in [6.45, 7) is 6.40. The average molecular weight is 319 g/mol. The maximum absolute atomic E-state index is 12.6. The van der Waals surface area contributed by atoms with E-state index in [0.717, 1.165) is 25.3 Å². The molecular formula is C17H29N5O. The van der Waals surface area contributed by atoms with Crippen molar-refractivity contribution in [2.24, 2.45) is 5.92 Å². The van der Waals surface area contributed by atoms with Crippen molar-refractivity contribution in [2.45, 2.75) is 32.4 Å². The first-order valence-electron chi connectivity index (χ1n) is 8.77. The van der Waals surface area contributed by atoms with E-state index in [2.05, 4.69) is 14.7 Å². The Morgan fingerprint density at radius 2 is 2.04 bits per heavy atom. The fourth-order valence-corrected chi connectivity index (χ4v) is 3.72. The molecule has 2 aliphatic heterocycles. The summed E-state index contributed by atoms with van der Waals surface area (Å²) >= 11 is 0. The lowest BCUT2D eigenvalue weighted by molar-refractivity contribution is -0.133. The van der Waals surface area contributed by atoms with Gasteiger partial charge in [0.05, 0.1) is 18.8 Å². The molecule has 1 fully saturated rings. The minimum atomic E-state index is 0.216. The van der Waals surface area contributed by atoms with Crippen molar-refractivity contribution in [1.29, 1.82) is 0 Å². The Labute approximate surface area is 139 Å². The Morgan fingerprint density at radius 3 is 2.78 bits per heavy atom. The minimum Gasteiger partial charge on any atom is -0.335 e. The van der Waals surface area contributed by atoms with Gasteiger partial charge in [-0.15, -0.1) is 0 Å². The van der Waals surface area contributed by atoms with Crippen molar-refractivity contribution in [2.75, 3.05) is 46.8 Å². The number of amides is 1. The molecule has 6 heteroatoms. The number of piperidine rings is 1. The molecule has 3 rings (SSSR count). The third kappa shape index (κ3) is 4.32. The molecule has 0 spiro atoms. The van der Waals surface area contributed by atoms with Gasteiger partial charge >= 0.3 is 0 Å². The van der Waals surface area contributed by atoms with E-state index in [-0.39, 0.29) is 5.91 Å². The normalized spacial score (nSPS) is 22.9. The Balaban J connectivity index is 1.70. The van der Waals surface area contributed by atoms with Crippen LogP contribution in [0.15, 0.2) is 12.3 Å². The number of likely N-dealkylation sites (tertiary alicyclic amines) is 1. The molecule has 1 atom stereocenters.